The number of halogens is 1. The number of benzene rings is 1. The number of fused-ring (bicyclic) bond motifs is 1. The molecule has 0 fully saturated rings. The Morgan fingerprint density at radius 2 is 2.37 bits per heavy atom. The van der Waals surface area contributed by atoms with Crippen LogP contribution >= 0.6 is 28.1 Å². The van der Waals surface area contributed by atoms with Crippen LogP contribution in [-0.2, 0) is 9.53 Å². The zero-order valence-electron chi connectivity index (χ0n) is 10.7. The summed E-state index contributed by atoms with van der Waals surface area (Å²) in [5.74, 6) is 0.422. The number of esters is 1. The van der Waals surface area contributed by atoms with Crippen molar-refractivity contribution in [2.75, 3.05) is 18.1 Å². The molecule has 19 heavy (non-hydrogen) atoms. The maximum Gasteiger partial charge on any atom is 0.328 e. The summed E-state index contributed by atoms with van der Waals surface area (Å²) in [6.45, 7) is 4.21. The summed E-state index contributed by atoms with van der Waals surface area (Å²) in [6, 6.07) is 5.16. The highest BCUT2D eigenvalue weighted by Crippen LogP contribution is 2.36. The van der Waals surface area contributed by atoms with Gasteiger partial charge in [0.1, 0.15) is 23.4 Å². The first-order valence-corrected chi connectivity index (χ1v) is 7.15. The second kappa shape index (κ2) is 5.88. The Morgan fingerprint density at radius 3 is 3.05 bits per heavy atom. The minimum Gasteiger partial charge on any atom is -0.484 e. The molecular formula is C13H14BrNO3S. The van der Waals surface area contributed by atoms with Gasteiger partial charge >= 0.3 is 5.97 Å². The first kappa shape index (κ1) is 14.3. The smallest absolute Gasteiger partial charge is 0.328 e. The number of hydrogen-bond donors (Lipinski definition) is 0. The Labute approximate surface area is 125 Å². The van der Waals surface area contributed by atoms with Crippen LogP contribution < -0.4 is 9.64 Å². The Bertz CT molecular complexity index is 521. The van der Waals surface area contributed by atoms with E-state index in [2.05, 4.69) is 15.9 Å². The molecule has 0 aliphatic carbocycles. The van der Waals surface area contributed by atoms with Crippen LogP contribution in [0.2, 0.25) is 0 Å². The van der Waals surface area contributed by atoms with Crippen LogP contribution in [0.4, 0.5) is 5.69 Å². The molecule has 0 unspecified atom stereocenters. The maximum atomic E-state index is 11.9. The molecule has 1 aromatic rings. The van der Waals surface area contributed by atoms with E-state index in [1.807, 2.05) is 18.2 Å². The van der Waals surface area contributed by atoms with Crippen LogP contribution in [-0.4, -0.2) is 30.2 Å². The summed E-state index contributed by atoms with van der Waals surface area (Å²) < 4.78 is 11.5. The van der Waals surface area contributed by atoms with Crippen molar-refractivity contribution in [3.05, 3.63) is 22.7 Å². The van der Waals surface area contributed by atoms with E-state index in [0.29, 0.717) is 24.0 Å². The van der Waals surface area contributed by atoms with Crippen molar-refractivity contribution in [2.45, 2.75) is 19.9 Å². The highest BCUT2D eigenvalue weighted by Gasteiger charge is 2.31. The van der Waals surface area contributed by atoms with Crippen molar-refractivity contribution in [1.29, 1.82) is 0 Å². The lowest BCUT2D eigenvalue weighted by atomic mass is 10.2. The van der Waals surface area contributed by atoms with E-state index < -0.39 is 6.04 Å². The summed E-state index contributed by atoms with van der Waals surface area (Å²) in [5, 5.41) is 0. The Hall–Kier alpha value is -1.14. The average Bonchev–Trinajstić information content (AvgIpc) is 2.38. The fourth-order valence-electron chi connectivity index (χ4n) is 1.94. The fourth-order valence-corrected chi connectivity index (χ4v) is 2.60. The summed E-state index contributed by atoms with van der Waals surface area (Å²) in [4.78, 5) is 14.3. The highest BCUT2D eigenvalue weighted by molar-refractivity contribution is 9.10. The number of carbonyl (C=O) groups excluding carboxylic acids is 1. The Kier molecular flexibility index (Phi) is 4.42. The monoisotopic (exact) mass is 343 g/mol. The number of thiocarbonyl (C=S) groups is 1. The Morgan fingerprint density at radius 1 is 1.63 bits per heavy atom. The molecule has 0 radical (unpaired) electrons. The second-order valence-corrected chi connectivity index (χ2v) is 5.48. The van der Waals surface area contributed by atoms with Crippen LogP contribution in [0.5, 0.6) is 5.75 Å². The quantitative estimate of drug-likeness (QED) is 0.623. The largest absolute Gasteiger partial charge is 0.484 e. The number of rotatable bonds is 3. The molecule has 1 atom stereocenters. The third-order valence-electron chi connectivity index (χ3n) is 2.82. The van der Waals surface area contributed by atoms with E-state index in [4.69, 9.17) is 21.7 Å². The van der Waals surface area contributed by atoms with Crippen molar-refractivity contribution in [2.24, 2.45) is 0 Å². The van der Waals surface area contributed by atoms with Crippen molar-refractivity contribution in [3.8, 4) is 5.75 Å². The molecule has 6 heteroatoms. The number of nitrogens with zero attached hydrogens (tertiary/aromatic N) is 1. The predicted octanol–water partition coefficient (Wildman–Crippen LogP) is 2.93. The lowest BCUT2D eigenvalue weighted by Gasteiger charge is -2.35. The third kappa shape index (κ3) is 2.90. The van der Waals surface area contributed by atoms with Crippen molar-refractivity contribution in [3.63, 3.8) is 0 Å². The van der Waals surface area contributed by atoms with E-state index in [9.17, 15) is 4.79 Å². The van der Waals surface area contributed by atoms with Gasteiger partial charge in [-0.2, -0.15) is 0 Å². The van der Waals surface area contributed by atoms with E-state index in [-0.39, 0.29) is 5.97 Å². The highest BCUT2D eigenvalue weighted by atomic mass is 79.9. The van der Waals surface area contributed by atoms with E-state index in [0.717, 1.165) is 10.2 Å². The maximum absolute atomic E-state index is 11.9. The molecule has 102 valence electrons. The summed E-state index contributed by atoms with van der Waals surface area (Å²) in [6.07, 6.45) is 0. The number of ether oxygens (including phenoxy) is 2. The molecule has 0 spiro atoms. The molecule has 0 saturated heterocycles. The lowest BCUT2D eigenvalue weighted by Crippen LogP contribution is -2.47. The zero-order chi connectivity index (χ0) is 14.0. The van der Waals surface area contributed by atoms with Crippen molar-refractivity contribution >= 4 is 44.8 Å². The third-order valence-corrected chi connectivity index (χ3v) is 3.62. The van der Waals surface area contributed by atoms with E-state index in [1.54, 1.807) is 18.7 Å². The minimum absolute atomic E-state index is 0.294. The van der Waals surface area contributed by atoms with Crippen molar-refractivity contribution < 1.29 is 14.3 Å². The molecule has 0 aromatic heterocycles. The second-order valence-electron chi connectivity index (χ2n) is 4.09. The molecule has 4 nitrogen and oxygen atoms in total. The molecule has 1 heterocycles. The van der Waals surface area contributed by atoms with Gasteiger partial charge in [-0.05, 0) is 32.0 Å². The predicted molar refractivity (Wildman–Crippen MR) is 80.8 cm³/mol. The molecular weight excluding hydrogens is 330 g/mol. The van der Waals surface area contributed by atoms with Crippen LogP contribution in [0, 0.1) is 0 Å². The van der Waals surface area contributed by atoms with Crippen molar-refractivity contribution in [1.82, 2.24) is 0 Å². The van der Waals surface area contributed by atoms with Crippen LogP contribution in [0.3, 0.4) is 0 Å². The standard InChI is InChI=1S/C13H14BrNO3S/c1-3-17-13(16)8(2)15-10-6-9(14)4-5-11(10)18-7-12(15)19/h4-6,8H,3,7H2,1-2H3/t8-/m1/s1. The normalized spacial score (nSPS) is 15.5. The van der Waals surface area contributed by atoms with Gasteiger partial charge < -0.3 is 14.4 Å². The molecule has 1 aromatic carbocycles. The van der Waals surface area contributed by atoms with Crippen LogP contribution in [0.15, 0.2) is 22.7 Å². The van der Waals surface area contributed by atoms with Gasteiger partial charge in [0.05, 0.1) is 12.3 Å². The van der Waals surface area contributed by atoms with Gasteiger partial charge in [-0.15, -0.1) is 0 Å². The van der Waals surface area contributed by atoms with Crippen LogP contribution in [0.25, 0.3) is 0 Å². The van der Waals surface area contributed by atoms with E-state index in [1.165, 1.54) is 0 Å². The number of anilines is 1. The molecule has 0 N–H and O–H groups in total. The first-order chi connectivity index (χ1) is 9.04. The SMILES string of the molecule is CCOC(=O)[C@@H](C)N1C(=S)COc2ccc(Br)cc21. The van der Waals surface area contributed by atoms with Gasteiger partial charge in [-0.3, -0.25) is 0 Å². The van der Waals surface area contributed by atoms with Gasteiger partial charge in [0.25, 0.3) is 0 Å². The molecule has 0 amide bonds. The summed E-state index contributed by atoms with van der Waals surface area (Å²) in [5.41, 5.74) is 0.783. The van der Waals surface area contributed by atoms with Gasteiger partial charge in [-0.1, -0.05) is 28.1 Å². The summed E-state index contributed by atoms with van der Waals surface area (Å²) >= 11 is 8.72. The first-order valence-electron chi connectivity index (χ1n) is 5.95. The summed E-state index contributed by atoms with van der Waals surface area (Å²) in [7, 11) is 0. The minimum atomic E-state index is -0.468. The van der Waals surface area contributed by atoms with Crippen LogP contribution in [0.1, 0.15) is 13.8 Å². The molecule has 0 saturated carbocycles. The molecule has 1 aliphatic heterocycles. The lowest BCUT2D eigenvalue weighted by molar-refractivity contribution is -0.144. The fraction of sp³-hybridized carbons (Fsp3) is 0.385. The molecule has 1 aliphatic rings. The zero-order valence-corrected chi connectivity index (χ0v) is 13.1. The van der Waals surface area contributed by atoms with Gasteiger partial charge in [0.2, 0.25) is 0 Å². The average molecular weight is 344 g/mol. The van der Waals surface area contributed by atoms with Gasteiger partial charge in [0, 0.05) is 4.47 Å². The molecule has 0 bridgehead atoms. The number of hydrogen-bond acceptors (Lipinski definition) is 4. The van der Waals surface area contributed by atoms with E-state index >= 15 is 0 Å². The van der Waals surface area contributed by atoms with Gasteiger partial charge in [0.15, 0.2) is 0 Å². The molecule has 2 rings (SSSR count). The Balaban J connectivity index is 2.37. The number of carbonyl (C=O) groups is 1. The topological polar surface area (TPSA) is 38.8 Å². The van der Waals surface area contributed by atoms with Gasteiger partial charge in [-0.25, -0.2) is 4.79 Å².